The van der Waals surface area contributed by atoms with Gasteiger partial charge in [0, 0.05) is 18.1 Å². The van der Waals surface area contributed by atoms with Gasteiger partial charge in [-0.2, -0.15) is 11.8 Å². The number of carbonyl (C=O) groups excluding carboxylic acids is 1. The number of phenolic OH excluding ortho intramolecular Hbond substituents is 1. The molecule has 0 radical (unpaired) electrons. The van der Waals surface area contributed by atoms with Gasteiger partial charge in [-0.05, 0) is 24.1 Å². The largest absolute Gasteiger partial charge is 0.508 e. The fraction of sp³-hybridized carbons (Fsp3) is 0.357. The Labute approximate surface area is 118 Å². The highest BCUT2D eigenvalue weighted by Crippen LogP contribution is 2.10. The van der Waals surface area contributed by atoms with Crippen LogP contribution in [0.5, 0.6) is 5.75 Å². The number of rotatable bonds is 8. The summed E-state index contributed by atoms with van der Waals surface area (Å²) in [6.45, 7) is 4.24. The smallest absolute Gasteiger partial charge is 0.237 e. The van der Waals surface area contributed by atoms with Crippen LogP contribution in [0.4, 0.5) is 0 Å². The molecule has 0 saturated heterocycles. The van der Waals surface area contributed by atoms with Gasteiger partial charge in [-0.25, -0.2) is 0 Å². The zero-order chi connectivity index (χ0) is 14.1. The first-order valence-electron chi connectivity index (χ1n) is 6.13. The van der Waals surface area contributed by atoms with Crippen LogP contribution in [-0.4, -0.2) is 35.1 Å². The summed E-state index contributed by atoms with van der Waals surface area (Å²) in [4.78, 5) is 11.7. The molecule has 1 aromatic carbocycles. The van der Waals surface area contributed by atoms with Crippen molar-refractivity contribution < 1.29 is 9.90 Å². The van der Waals surface area contributed by atoms with Gasteiger partial charge in [0.2, 0.25) is 5.91 Å². The van der Waals surface area contributed by atoms with E-state index in [9.17, 15) is 4.79 Å². The summed E-state index contributed by atoms with van der Waals surface area (Å²) < 4.78 is 0. The highest BCUT2D eigenvalue weighted by Gasteiger charge is 2.13. The van der Waals surface area contributed by atoms with Crippen LogP contribution < -0.4 is 11.1 Å². The lowest BCUT2D eigenvalue weighted by atomic mass is 10.1. The van der Waals surface area contributed by atoms with Gasteiger partial charge >= 0.3 is 0 Å². The third-order valence-electron chi connectivity index (χ3n) is 2.51. The Balaban J connectivity index is 2.28. The van der Waals surface area contributed by atoms with Crippen molar-refractivity contribution in [2.24, 2.45) is 5.73 Å². The minimum Gasteiger partial charge on any atom is -0.508 e. The maximum Gasteiger partial charge on any atom is 0.237 e. The Hall–Kier alpha value is -1.46. The molecule has 4 nitrogen and oxygen atoms in total. The average molecular weight is 280 g/mol. The molecular formula is C14H20N2O2S. The monoisotopic (exact) mass is 280 g/mol. The first-order valence-corrected chi connectivity index (χ1v) is 7.29. The number of aromatic hydroxyl groups is 1. The molecule has 0 spiro atoms. The molecule has 0 aromatic heterocycles. The Bertz CT molecular complexity index is 406. The van der Waals surface area contributed by atoms with E-state index >= 15 is 0 Å². The summed E-state index contributed by atoms with van der Waals surface area (Å²) in [5, 5.41) is 12.0. The molecule has 0 fully saturated rings. The fourth-order valence-electron chi connectivity index (χ4n) is 1.52. The zero-order valence-corrected chi connectivity index (χ0v) is 11.7. The van der Waals surface area contributed by atoms with Crippen molar-refractivity contribution in [2.75, 3.05) is 18.1 Å². The predicted molar refractivity (Wildman–Crippen MR) is 80.3 cm³/mol. The van der Waals surface area contributed by atoms with Crippen LogP contribution >= 0.6 is 11.8 Å². The zero-order valence-electron chi connectivity index (χ0n) is 10.8. The average Bonchev–Trinajstić information content (AvgIpc) is 2.41. The summed E-state index contributed by atoms with van der Waals surface area (Å²) in [5.74, 6) is 1.80. The quantitative estimate of drug-likeness (QED) is 0.495. The minimum atomic E-state index is -0.561. The van der Waals surface area contributed by atoms with Crippen molar-refractivity contribution in [3.05, 3.63) is 42.5 Å². The summed E-state index contributed by atoms with van der Waals surface area (Å²) in [5.41, 5.74) is 6.76. The van der Waals surface area contributed by atoms with Gasteiger partial charge in [-0.1, -0.05) is 18.2 Å². The molecule has 1 aromatic rings. The van der Waals surface area contributed by atoms with Crippen LogP contribution in [-0.2, 0) is 11.2 Å². The fourth-order valence-corrected chi connectivity index (χ4v) is 2.10. The molecule has 0 bridgehead atoms. The molecule has 1 atom stereocenters. The number of thioether (sulfide) groups is 1. The molecule has 1 rings (SSSR count). The molecule has 0 aliphatic heterocycles. The first-order chi connectivity index (χ1) is 9.13. The Morgan fingerprint density at radius 1 is 1.47 bits per heavy atom. The van der Waals surface area contributed by atoms with Crippen molar-refractivity contribution >= 4 is 17.7 Å². The van der Waals surface area contributed by atoms with E-state index in [1.165, 1.54) is 0 Å². The Morgan fingerprint density at radius 2 is 2.16 bits per heavy atom. The number of nitrogens with one attached hydrogen (secondary N) is 1. The third-order valence-corrected chi connectivity index (χ3v) is 3.47. The lowest BCUT2D eigenvalue weighted by Crippen LogP contribution is -2.42. The van der Waals surface area contributed by atoms with Crippen LogP contribution in [0, 0.1) is 0 Å². The van der Waals surface area contributed by atoms with Gasteiger partial charge in [-0.15, -0.1) is 6.58 Å². The topological polar surface area (TPSA) is 75.4 Å². The molecule has 0 aliphatic rings. The lowest BCUT2D eigenvalue weighted by molar-refractivity contribution is -0.122. The van der Waals surface area contributed by atoms with Crippen LogP contribution in [0.25, 0.3) is 0 Å². The number of amides is 1. The van der Waals surface area contributed by atoms with Gasteiger partial charge < -0.3 is 16.2 Å². The van der Waals surface area contributed by atoms with Crippen molar-refractivity contribution in [1.29, 1.82) is 0 Å². The van der Waals surface area contributed by atoms with E-state index in [1.54, 1.807) is 36.0 Å². The van der Waals surface area contributed by atoms with Crippen LogP contribution in [0.1, 0.15) is 5.56 Å². The van der Waals surface area contributed by atoms with E-state index in [-0.39, 0.29) is 11.7 Å². The number of hydrogen-bond donors (Lipinski definition) is 3. The molecular weight excluding hydrogens is 260 g/mol. The molecule has 5 heteroatoms. The van der Waals surface area contributed by atoms with E-state index in [0.717, 1.165) is 17.1 Å². The second kappa shape index (κ2) is 8.61. The number of benzene rings is 1. The second-order valence-corrected chi connectivity index (χ2v) is 5.28. The normalized spacial score (nSPS) is 11.8. The van der Waals surface area contributed by atoms with Gasteiger partial charge in [-0.3, -0.25) is 4.79 Å². The standard InChI is InChI=1S/C14H20N2O2S/c1-2-8-19-9-7-16-14(18)13(15)10-11-3-5-12(17)6-4-11/h2-6,13,17H,1,7-10,15H2,(H,16,18)/t13-/m0/s1. The van der Waals surface area contributed by atoms with Crippen LogP contribution in [0.2, 0.25) is 0 Å². The van der Waals surface area contributed by atoms with Crippen LogP contribution in [0.3, 0.4) is 0 Å². The van der Waals surface area contributed by atoms with E-state index in [1.807, 2.05) is 6.08 Å². The molecule has 0 heterocycles. The number of phenols is 1. The SMILES string of the molecule is C=CCSCCNC(=O)[C@@H](N)Cc1ccc(O)cc1. The predicted octanol–water partition coefficient (Wildman–Crippen LogP) is 1.30. The minimum absolute atomic E-state index is 0.146. The highest BCUT2D eigenvalue weighted by atomic mass is 32.2. The van der Waals surface area contributed by atoms with E-state index < -0.39 is 6.04 Å². The maximum atomic E-state index is 11.7. The van der Waals surface area contributed by atoms with Gasteiger partial charge in [0.15, 0.2) is 0 Å². The molecule has 4 N–H and O–H groups in total. The lowest BCUT2D eigenvalue weighted by Gasteiger charge is -2.12. The van der Waals surface area contributed by atoms with Crippen molar-refractivity contribution in [3.63, 3.8) is 0 Å². The highest BCUT2D eigenvalue weighted by molar-refractivity contribution is 7.99. The first kappa shape index (κ1) is 15.6. The number of carbonyl (C=O) groups is 1. The molecule has 0 aliphatic carbocycles. The van der Waals surface area contributed by atoms with Crippen molar-refractivity contribution in [1.82, 2.24) is 5.32 Å². The van der Waals surface area contributed by atoms with E-state index in [0.29, 0.717) is 13.0 Å². The third kappa shape index (κ3) is 6.31. The molecule has 104 valence electrons. The number of nitrogens with two attached hydrogens (primary N) is 1. The summed E-state index contributed by atoms with van der Waals surface area (Å²) >= 11 is 1.71. The summed E-state index contributed by atoms with van der Waals surface area (Å²) in [7, 11) is 0. The molecule has 0 saturated carbocycles. The van der Waals surface area contributed by atoms with Crippen molar-refractivity contribution in [2.45, 2.75) is 12.5 Å². The van der Waals surface area contributed by atoms with Gasteiger partial charge in [0.1, 0.15) is 5.75 Å². The van der Waals surface area contributed by atoms with Crippen LogP contribution in [0.15, 0.2) is 36.9 Å². The number of hydrogen-bond acceptors (Lipinski definition) is 4. The van der Waals surface area contributed by atoms with Gasteiger partial charge in [0.05, 0.1) is 6.04 Å². The molecule has 19 heavy (non-hydrogen) atoms. The van der Waals surface area contributed by atoms with E-state index in [4.69, 9.17) is 10.8 Å². The van der Waals surface area contributed by atoms with E-state index in [2.05, 4.69) is 11.9 Å². The van der Waals surface area contributed by atoms with Crippen molar-refractivity contribution in [3.8, 4) is 5.75 Å². The maximum absolute atomic E-state index is 11.7. The Kier molecular flexibility index (Phi) is 7.07. The van der Waals surface area contributed by atoms with Gasteiger partial charge in [0.25, 0.3) is 0 Å². The summed E-state index contributed by atoms with van der Waals surface area (Å²) in [6, 6.07) is 6.15. The Morgan fingerprint density at radius 3 is 2.79 bits per heavy atom. The summed E-state index contributed by atoms with van der Waals surface area (Å²) in [6.07, 6.45) is 2.30. The second-order valence-electron chi connectivity index (χ2n) is 4.13. The molecule has 0 unspecified atom stereocenters. The molecule has 1 amide bonds.